The molecule has 4 rings (SSSR count). The van der Waals surface area contributed by atoms with E-state index in [0.29, 0.717) is 38.4 Å². The van der Waals surface area contributed by atoms with E-state index in [0.717, 1.165) is 5.56 Å². The van der Waals surface area contributed by atoms with E-state index in [9.17, 15) is 5.26 Å². The molecule has 1 aromatic heterocycles. The van der Waals surface area contributed by atoms with Crippen molar-refractivity contribution in [1.82, 2.24) is 10.2 Å². The Morgan fingerprint density at radius 3 is 2.57 bits per heavy atom. The van der Waals surface area contributed by atoms with Crippen LogP contribution in [0.1, 0.15) is 17.0 Å². The van der Waals surface area contributed by atoms with Crippen molar-refractivity contribution in [1.29, 1.82) is 5.26 Å². The quantitative estimate of drug-likeness (QED) is 0.610. The van der Waals surface area contributed by atoms with E-state index in [1.165, 1.54) is 0 Å². The van der Waals surface area contributed by atoms with Crippen LogP contribution in [0.15, 0.2) is 47.9 Å². The summed E-state index contributed by atoms with van der Waals surface area (Å²) < 4.78 is 16.4. The number of fused-ring (bicyclic) bond motifs is 1. The molecule has 2 heterocycles. The molecule has 152 valence electrons. The predicted molar refractivity (Wildman–Crippen MR) is 113 cm³/mol. The van der Waals surface area contributed by atoms with Crippen LogP contribution < -0.4 is 19.9 Å². The smallest absolute Gasteiger partial charge is 0.244 e. The zero-order chi connectivity index (χ0) is 21.4. The fourth-order valence-corrected chi connectivity index (χ4v) is 4.02. The number of benzene rings is 2. The standard InChI is InChI=1S/C21H16Cl2N4O3/c1-28-15-6-3-10(7-16(15)29-2)19-18-17(12-5-4-11(22)8-14(12)23)13(9-24)20(25)30-21(18)27-26-19/h3-8,17H,25H2,1-2H3,(H,26,27)/t17-/m1/s1. The maximum Gasteiger partial charge on any atom is 0.244 e. The lowest BCUT2D eigenvalue weighted by Gasteiger charge is -2.25. The van der Waals surface area contributed by atoms with Gasteiger partial charge in [-0.15, -0.1) is 5.10 Å². The van der Waals surface area contributed by atoms with Crippen molar-refractivity contribution in [2.24, 2.45) is 5.73 Å². The van der Waals surface area contributed by atoms with Crippen molar-refractivity contribution in [2.75, 3.05) is 14.2 Å². The summed E-state index contributed by atoms with van der Waals surface area (Å²) in [5, 5.41) is 17.9. The molecule has 0 saturated heterocycles. The highest BCUT2D eigenvalue weighted by Gasteiger charge is 2.36. The number of rotatable bonds is 4. The van der Waals surface area contributed by atoms with Crippen molar-refractivity contribution in [3.05, 3.63) is 69.0 Å². The first kappa shape index (κ1) is 20.0. The summed E-state index contributed by atoms with van der Waals surface area (Å²) in [6, 6.07) is 12.7. The maximum atomic E-state index is 9.81. The molecule has 1 aliphatic heterocycles. The van der Waals surface area contributed by atoms with Crippen LogP contribution in [0.4, 0.5) is 0 Å². The first-order valence-electron chi connectivity index (χ1n) is 8.81. The van der Waals surface area contributed by atoms with Gasteiger partial charge in [0.25, 0.3) is 0 Å². The zero-order valence-corrected chi connectivity index (χ0v) is 17.5. The minimum absolute atomic E-state index is 0.0219. The van der Waals surface area contributed by atoms with Crippen molar-refractivity contribution in [3.63, 3.8) is 0 Å². The number of ether oxygens (including phenoxy) is 3. The predicted octanol–water partition coefficient (Wildman–Crippen LogP) is 4.62. The van der Waals surface area contributed by atoms with Crippen molar-refractivity contribution in [2.45, 2.75) is 5.92 Å². The van der Waals surface area contributed by atoms with Crippen molar-refractivity contribution >= 4 is 23.2 Å². The van der Waals surface area contributed by atoms with Gasteiger partial charge in [0.1, 0.15) is 11.6 Å². The summed E-state index contributed by atoms with van der Waals surface area (Å²) in [5.74, 6) is 0.792. The van der Waals surface area contributed by atoms with Crippen LogP contribution in [0.3, 0.4) is 0 Å². The van der Waals surface area contributed by atoms with Gasteiger partial charge in [-0.25, -0.2) is 0 Å². The highest BCUT2D eigenvalue weighted by Crippen LogP contribution is 2.48. The summed E-state index contributed by atoms with van der Waals surface area (Å²) in [6.45, 7) is 0. The fourth-order valence-electron chi connectivity index (χ4n) is 3.50. The molecular formula is C21H16Cl2N4O3. The lowest BCUT2D eigenvalue weighted by atomic mass is 9.83. The van der Waals surface area contributed by atoms with Crippen molar-refractivity contribution < 1.29 is 14.2 Å². The van der Waals surface area contributed by atoms with Crippen LogP contribution in [0.5, 0.6) is 17.4 Å². The van der Waals surface area contributed by atoms with Gasteiger partial charge in [0.05, 0.1) is 31.4 Å². The first-order valence-corrected chi connectivity index (χ1v) is 9.57. The van der Waals surface area contributed by atoms with E-state index in [1.54, 1.807) is 44.6 Å². The summed E-state index contributed by atoms with van der Waals surface area (Å²) in [5.41, 5.74) is 8.95. The normalized spacial score (nSPS) is 15.2. The number of nitrogens with one attached hydrogen (secondary N) is 1. The van der Waals surface area contributed by atoms with Gasteiger partial charge in [0.2, 0.25) is 11.8 Å². The molecule has 1 atom stereocenters. The average molecular weight is 443 g/mol. The number of aromatic nitrogens is 2. The highest BCUT2D eigenvalue weighted by atomic mass is 35.5. The monoisotopic (exact) mass is 442 g/mol. The lowest BCUT2D eigenvalue weighted by Crippen LogP contribution is -2.21. The highest BCUT2D eigenvalue weighted by molar-refractivity contribution is 6.35. The lowest BCUT2D eigenvalue weighted by molar-refractivity contribution is 0.355. The Hall–Kier alpha value is -3.34. The molecule has 0 radical (unpaired) electrons. The SMILES string of the molecule is COc1ccc(-c2[nH]nc3c2[C@H](c2ccc(Cl)cc2Cl)C(C#N)=C(N)O3)cc1OC. The number of aromatic amines is 1. The third kappa shape index (κ3) is 3.20. The van der Waals surface area contributed by atoms with E-state index in [4.69, 9.17) is 43.1 Å². The van der Waals surface area contributed by atoms with Gasteiger partial charge in [-0.1, -0.05) is 29.3 Å². The number of halogens is 2. The Morgan fingerprint density at radius 1 is 1.13 bits per heavy atom. The van der Waals surface area contributed by atoms with Crippen LogP contribution in [-0.2, 0) is 0 Å². The molecule has 0 spiro atoms. The van der Waals surface area contributed by atoms with Crippen LogP contribution in [-0.4, -0.2) is 24.4 Å². The van der Waals surface area contributed by atoms with E-state index < -0.39 is 5.92 Å². The Balaban J connectivity index is 1.95. The Kier molecular flexibility index (Phi) is 5.20. The number of methoxy groups -OCH3 is 2. The summed E-state index contributed by atoms with van der Waals surface area (Å²) in [4.78, 5) is 0. The van der Waals surface area contributed by atoms with E-state index in [2.05, 4.69) is 16.3 Å². The number of hydrogen-bond acceptors (Lipinski definition) is 6. The van der Waals surface area contributed by atoms with E-state index >= 15 is 0 Å². The largest absolute Gasteiger partial charge is 0.493 e. The van der Waals surface area contributed by atoms with Gasteiger partial charge in [0.15, 0.2) is 11.5 Å². The van der Waals surface area contributed by atoms with Crippen LogP contribution in [0.25, 0.3) is 11.3 Å². The molecule has 3 N–H and O–H groups in total. The van der Waals surface area contributed by atoms with Gasteiger partial charge >= 0.3 is 0 Å². The molecule has 0 saturated carbocycles. The van der Waals surface area contributed by atoms with Crippen LogP contribution in [0, 0.1) is 11.3 Å². The second-order valence-electron chi connectivity index (χ2n) is 6.48. The fraction of sp³-hybridized carbons (Fsp3) is 0.143. The molecule has 0 amide bonds. The number of nitrogens with two attached hydrogens (primary N) is 1. The molecule has 1 aliphatic rings. The number of hydrogen-bond donors (Lipinski definition) is 2. The molecular weight excluding hydrogens is 427 g/mol. The van der Waals surface area contributed by atoms with Gasteiger partial charge in [0, 0.05) is 15.6 Å². The summed E-state index contributed by atoms with van der Waals surface area (Å²) >= 11 is 12.6. The number of allylic oxidation sites excluding steroid dienone is 1. The van der Waals surface area contributed by atoms with Crippen molar-refractivity contribution in [3.8, 4) is 34.7 Å². The minimum atomic E-state index is -0.592. The second kappa shape index (κ2) is 7.82. The van der Waals surface area contributed by atoms with Crippen LogP contribution in [0.2, 0.25) is 10.0 Å². The topological polar surface area (TPSA) is 106 Å². The molecule has 9 heteroatoms. The van der Waals surface area contributed by atoms with E-state index in [1.807, 2.05) is 6.07 Å². The summed E-state index contributed by atoms with van der Waals surface area (Å²) in [7, 11) is 3.12. The van der Waals surface area contributed by atoms with Gasteiger partial charge in [-0.3, -0.25) is 5.10 Å². The Bertz CT molecular complexity index is 1210. The molecule has 0 unspecified atom stereocenters. The Labute approximate surface area is 182 Å². The third-order valence-electron chi connectivity index (χ3n) is 4.88. The van der Waals surface area contributed by atoms with Gasteiger partial charge in [-0.2, -0.15) is 5.26 Å². The third-order valence-corrected chi connectivity index (χ3v) is 5.45. The molecule has 0 aliphatic carbocycles. The molecule has 30 heavy (non-hydrogen) atoms. The molecule has 7 nitrogen and oxygen atoms in total. The first-order chi connectivity index (χ1) is 14.5. The van der Waals surface area contributed by atoms with Crippen LogP contribution >= 0.6 is 23.2 Å². The number of nitrogens with zero attached hydrogens (tertiary/aromatic N) is 2. The van der Waals surface area contributed by atoms with E-state index in [-0.39, 0.29) is 17.3 Å². The minimum Gasteiger partial charge on any atom is -0.493 e. The zero-order valence-electron chi connectivity index (χ0n) is 16.0. The average Bonchev–Trinajstić information content (AvgIpc) is 3.16. The molecule has 0 fully saturated rings. The van der Waals surface area contributed by atoms with Gasteiger partial charge in [-0.05, 0) is 35.9 Å². The second-order valence-corrected chi connectivity index (χ2v) is 7.32. The maximum absolute atomic E-state index is 9.81. The molecule has 0 bridgehead atoms. The molecule has 2 aromatic carbocycles. The summed E-state index contributed by atoms with van der Waals surface area (Å²) in [6.07, 6.45) is 0. The Morgan fingerprint density at radius 2 is 1.90 bits per heavy atom. The van der Waals surface area contributed by atoms with Gasteiger partial charge < -0.3 is 19.9 Å². The number of nitriles is 1. The number of H-pyrrole nitrogens is 1. The molecule has 3 aromatic rings.